The Labute approximate surface area is 76.4 Å². The average Bonchev–Trinajstić information content (AvgIpc) is 2.38. The molecule has 0 aliphatic carbocycles. The average molecular weight is 172 g/mol. The summed E-state index contributed by atoms with van der Waals surface area (Å²) in [6.07, 6.45) is 4.29. The lowest BCUT2D eigenvalue weighted by atomic mass is 10.4. The fraction of sp³-hybridized carbons (Fsp3) is 0.800. The summed E-state index contributed by atoms with van der Waals surface area (Å²) < 4.78 is 6.30. The van der Waals surface area contributed by atoms with E-state index in [1.807, 2.05) is 0 Å². The van der Waals surface area contributed by atoms with Gasteiger partial charge in [-0.3, -0.25) is 0 Å². The SMILES string of the molecule is C.C=COCC[N+]1(C)CCCC1. The Kier molecular flexibility index (Phi) is 4.98. The van der Waals surface area contributed by atoms with E-state index in [0.717, 1.165) is 13.2 Å². The molecule has 0 spiro atoms. The summed E-state index contributed by atoms with van der Waals surface area (Å²) in [5.74, 6) is 0. The maximum atomic E-state index is 5.11. The van der Waals surface area contributed by atoms with Crippen LogP contribution in [-0.4, -0.2) is 37.8 Å². The number of hydrogen-bond donors (Lipinski definition) is 0. The van der Waals surface area contributed by atoms with E-state index < -0.39 is 0 Å². The number of hydrogen-bond acceptors (Lipinski definition) is 1. The maximum absolute atomic E-state index is 5.11. The van der Waals surface area contributed by atoms with Gasteiger partial charge in [-0.15, -0.1) is 0 Å². The summed E-state index contributed by atoms with van der Waals surface area (Å²) in [5, 5.41) is 0. The van der Waals surface area contributed by atoms with E-state index in [1.165, 1.54) is 36.7 Å². The van der Waals surface area contributed by atoms with Gasteiger partial charge in [-0.25, -0.2) is 0 Å². The number of ether oxygens (including phenoxy) is 1. The molecule has 0 aromatic rings. The largest absolute Gasteiger partial charge is 0.496 e. The smallest absolute Gasteiger partial charge is 0.136 e. The Hall–Kier alpha value is -0.500. The standard InChI is InChI=1S/C9H18NO.CH4/c1-3-11-9-8-10(2)6-4-5-7-10;/h3H,1,4-9H2,2H3;1H4/q+1;. The molecule has 1 rings (SSSR count). The van der Waals surface area contributed by atoms with Crippen molar-refractivity contribution in [3.05, 3.63) is 12.8 Å². The molecule has 1 aliphatic rings. The topological polar surface area (TPSA) is 9.23 Å². The highest BCUT2D eigenvalue weighted by atomic mass is 16.5. The lowest BCUT2D eigenvalue weighted by molar-refractivity contribution is -0.897. The van der Waals surface area contributed by atoms with Crippen LogP contribution < -0.4 is 0 Å². The fourth-order valence-corrected chi connectivity index (χ4v) is 1.68. The molecule has 0 saturated carbocycles. The van der Waals surface area contributed by atoms with Crippen molar-refractivity contribution in [1.29, 1.82) is 0 Å². The first-order chi connectivity index (χ1) is 5.27. The summed E-state index contributed by atoms with van der Waals surface area (Å²) in [4.78, 5) is 0. The van der Waals surface area contributed by atoms with Crippen LogP contribution in [0.5, 0.6) is 0 Å². The van der Waals surface area contributed by atoms with Crippen LogP contribution in [0.3, 0.4) is 0 Å². The van der Waals surface area contributed by atoms with Crippen LogP contribution in [0, 0.1) is 0 Å². The van der Waals surface area contributed by atoms with Gasteiger partial charge in [-0.1, -0.05) is 14.0 Å². The van der Waals surface area contributed by atoms with Crippen molar-refractivity contribution in [1.82, 2.24) is 0 Å². The summed E-state index contributed by atoms with van der Waals surface area (Å²) >= 11 is 0. The van der Waals surface area contributed by atoms with Crippen molar-refractivity contribution in [2.24, 2.45) is 0 Å². The molecule has 2 nitrogen and oxygen atoms in total. The first-order valence-electron chi connectivity index (χ1n) is 4.33. The number of likely N-dealkylation sites (N-methyl/N-ethyl adjacent to an activating group) is 1. The third-order valence-electron chi connectivity index (χ3n) is 2.51. The zero-order valence-corrected chi connectivity index (χ0v) is 7.38. The van der Waals surface area contributed by atoms with Crippen LogP contribution in [0.4, 0.5) is 0 Å². The molecular weight excluding hydrogens is 150 g/mol. The second-order valence-corrected chi connectivity index (χ2v) is 3.53. The molecule has 1 saturated heterocycles. The third kappa shape index (κ3) is 3.26. The monoisotopic (exact) mass is 172 g/mol. The van der Waals surface area contributed by atoms with Crippen molar-refractivity contribution in [2.45, 2.75) is 20.3 Å². The second kappa shape index (κ2) is 5.20. The van der Waals surface area contributed by atoms with Gasteiger partial charge in [0.15, 0.2) is 0 Å². The maximum Gasteiger partial charge on any atom is 0.136 e. The molecule has 1 aliphatic heterocycles. The van der Waals surface area contributed by atoms with Crippen LogP contribution in [0.1, 0.15) is 20.3 Å². The molecule has 0 unspecified atom stereocenters. The molecule has 0 N–H and O–H groups in total. The minimum absolute atomic E-state index is 0. The molecule has 1 fully saturated rings. The number of quaternary nitrogens is 1. The van der Waals surface area contributed by atoms with Crippen molar-refractivity contribution < 1.29 is 9.22 Å². The number of likely N-dealkylation sites (tertiary alicyclic amines) is 1. The first kappa shape index (κ1) is 11.5. The Balaban J connectivity index is 0.00000121. The normalized spacial score (nSPS) is 19.8. The molecule has 2 heteroatoms. The highest BCUT2D eigenvalue weighted by Gasteiger charge is 2.25. The van der Waals surface area contributed by atoms with Gasteiger partial charge in [0.25, 0.3) is 0 Å². The van der Waals surface area contributed by atoms with Crippen LogP contribution in [0.2, 0.25) is 0 Å². The van der Waals surface area contributed by atoms with Crippen LogP contribution in [-0.2, 0) is 4.74 Å². The van der Waals surface area contributed by atoms with E-state index in [-0.39, 0.29) is 7.43 Å². The highest BCUT2D eigenvalue weighted by molar-refractivity contribution is 4.53. The first-order valence-corrected chi connectivity index (χ1v) is 4.33. The van der Waals surface area contributed by atoms with Gasteiger partial charge in [0.05, 0.1) is 26.4 Å². The van der Waals surface area contributed by atoms with Gasteiger partial charge in [-0.05, 0) is 0 Å². The lowest BCUT2D eigenvalue weighted by Gasteiger charge is -2.28. The van der Waals surface area contributed by atoms with E-state index in [1.54, 1.807) is 0 Å². The summed E-state index contributed by atoms with van der Waals surface area (Å²) in [7, 11) is 2.31. The van der Waals surface area contributed by atoms with E-state index in [4.69, 9.17) is 4.74 Å². The molecule has 0 aromatic heterocycles. The molecule has 0 amide bonds. The fourth-order valence-electron chi connectivity index (χ4n) is 1.68. The second-order valence-electron chi connectivity index (χ2n) is 3.53. The van der Waals surface area contributed by atoms with Crippen molar-refractivity contribution >= 4 is 0 Å². The van der Waals surface area contributed by atoms with Gasteiger partial charge in [0.2, 0.25) is 0 Å². The minimum atomic E-state index is 0. The van der Waals surface area contributed by atoms with Gasteiger partial charge >= 0.3 is 0 Å². The third-order valence-corrected chi connectivity index (χ3v) is 2.51. The van der Waals surface area contributed by atoms with Gasteiger partial charge in [-0.2, -0.15) is 0 Å². The summed E-state index contributed by atoms with van der Waals surface area (Å²) in [6.45, 7) is 8.11. The number of rotatable bonds is 4. The molecule has 0 radical (unpaired) electrons. The van der Waals surface area contributed by atoms with Crippen molar-refractivity contribution in [3.8, 4) is 0 Å². The van der Waals surface area contributed by atoms with Gasteiger partial charge in [0.1, 0.15) is 13.2 Å². The Morgan fingerprint density at radius 2 is 2.00 bits per heavy atom. The summed E-state index contributed by atoms with van der Waals surface area (Å²) in [5.41, 5.74) is 0. The van der Waals surface area contributed by atoms with E-state index >= 15 is 0 Å². The Bertz CT molecular complexity index is 128. The molecule has 0 aromatic carbocycles. The predicted octanol–water partition coefficient (Wildman–Crippen LogP) is 2.02. The number of nitrogens with zero attached hydrogens (tertiary/aromatic N) is 1. The predicted molar refractivity (Wildman–Crippen MR) is 52.9 cm³/mol. The highest BCUT2D eigenvalue weighted by Crippen LogP contribution is 2.15. The van der Waals surface area contributed by atoms with E-state index in [9.17, 15) is 0 Å². The molecule has 1 heterocycles. The Morgan fingerprint density at radius 3 is 2.50 bits per heavy atom. The van der Waals surface area contributed by atoms with Gasteiger partial charge in [0, 0.05) is 12.8 Å². The van der Waals surface area contributed by atoms with Crippen molar-refractivity contribution in [3.63, 3.8) is 0 Å². The Morgan fingerprint density at radius 1 is 1.42 bits per heavy atom. The van der Waals surface area contributed by atoms with Crippen molar-refractivity contribution in [2.75, 3.05) is 33.3 Å². The molecule has 0 bridgehead atoms. The lowest BCUT2D eigenvalue weighted by Crippen LogP contribution is -2.43. The van der Waals surface area contributed by atoms with E-state index in [2.05, 4.69) is 13.6 Å². The van der Waals surface area contributed by atoms with Gasteiger partial charge < -0.3 is 9.22 Å². The van der Waals surface area contributed by atoms with Crippen LogP contribution in [0.25, 0.3) is 0 Å². The summed E-state index contributed by atoms with van der Waals surface area (Å²) in [6, 6.07) is 0. The molecule has 12 heavy (non-hydrogen) atoms. The minimum Gasteiger partial charge on any atom is -0.496 e. The van der Waals surface area contributed by atoms with E-state index in [0.29, 0.717) is 0 Å². The van der Waals surface area contributed by atoms with Crippen LogP contribution >= 0.6 is 0 Å². The zero-order chi connectivity index (χ0) is 8.16. The molecule has 0 atom stereocenters. The molecular formula is C10H22NO+. The zero-order valence-electron chi connectivity index (χ0n) is 7.38. The molecule has 72 valence electrons. The van der Waals surface area contributed by atoms with Crippen LogP contribution in [0.15, 0.2) is 12.8 Å². The quantitative estimate of drug-likeness (QED) is 0.358.